The van der Waals surface area contributed by atoms with Crippen LogP contribution in [0.2, 0.25) is 0 Å². The molecule has 0 bridgehead atoms. The van der Waals surface area contributed by atoms with Crippen LogP contribution in [-0.2, 0) is 11.3 Å². The van der Waals surface area contributed by atoms with Crippen molar-refractivity contribution < 1.29 is 9.18 Å². The largest absolute Gasteiger partial charge is 0.321 e. The van der Waals surface area contributed by atoms with Gasteiger partial charge < -0.3 is 4.90 Å². The molecule has 1 unspecified atom stereocenters. The number of pyridine rings is 1. The Morgan fingerprint density at radius 1 is 1.11 bits per heavy atom. The van der Waals surface area contributed by atoms with Gasteiger partial charge in [0.05, 0.1) is 5.75 Å². The van der Waals surface area contributed by atoms with Crippen LogP contribution >= 0.6 is 11.8 Å². The smallest absolute Gasteiger partial charge is 0.234 e. The molecule has 0 radical (unpaired) electrons. The summed E-state index contributed by atoms with van der Waals surface area (Å²) >= 11 is 1.61. The summed E-state index contributed by atoms with van der Waals surface area (Å²) in [6.07, 6.45) is 3.63. The number of carbonyl (C=O) groups excluding carboxylic acids is 1. The molecule has 2 heterocycles. The van der Waals surface area contributed by atoms with E-state index in [4.69, 9.17) is 0 Å². The van der Waals surface area contributed by atoms with Gasteiger partial charge in [-0.25, -0.2) is 4.39 Å². The van der Waals surface area contributed by atoms with E-state index in [1.54, 1.807) is 30.1 Å². The minimum atomic E-state index is -0.272. The number of benzene rings is 2. The highest BCUT2D eigenvalue weighted by Crippen LogP contribution is 2.43. The number of hydrogen-bond donors (Lipinski definition) is 0. The highest BCUT2D eigenvalue weighted by molar-refractivity contribution is 8.00. The van der Waals surface area contributed by atoms with E-state index in [0.29, 0.717) is 12.3 Å². The van der Waals surface area contributed by atoms with Crippen LogP contribution in [0.4, 0.5) is 4.39 Å². The first-order valence-electron chi connectivity index (χ1n) is 8.78. The third-order valence-electron chi connectivity index (χ3n) is 4.71. The lowest BCUT2D eigenvalue weighted by atomic mass is 10.00. The lowest BCUT2D eigenvalue weighted by molar-refractivity contribution is -0.128. The van der Waals surface area contributed by atoms with Gasteiger partial charge in [-0.3, -0.25) is 9.78 Å². The van der Waals surface area contributed by atoms with Gasteiger partial charge in [0.2, 0.25) is 5.91 Å². The quantitative estimate of drug-likeness (QED) is 0.643. The predicted octanol–water partition coefficient (Wildman–Crippen LogP) is 4.97. The maximum atomic E-state index is 13.2. The average molecular weight is 378 g/mol. The molecule has 2 aromatic carbocycles. The Morgan fingerprint density at radius 3 is 2.59 bits per heavy atom. The fourth-order valence-corrected chi connectivity index (χ4v) is 4.47. The highest BCUT2D eigenvalue weighted by Gasteiger charge is 2.34. The molecule has 5 heteroatoms. The molecule has 27 heavy (non-hydrogen) atoms. The molecule has 0 spiro atoms. The Balaban J connectivity index is 1.68. The topological polar surface area (TPSA) is 33.2 Å². The number of nitrogens with zero attached hydrogens (tertiary/aromatic N) is 2. The van der Waals surface area contributed by atoms with Gasteiger partial charge in [-0.05, 0) is 41.8 Å². The van der Waals surface area contributed by atoms with E-state index in [0.717, 1.165) is 22.3 Å². The van der Waals surface area contributed by atoms with Crippen molar-refractivity contribution in [1.82, 2.24) is 9.88 Å². The first-order valence-corrected chi connectivity index (χ1v) is 9.83. The summed E-state index contributed by atoms with van der Waals surface area (Å²) in [6.45, 7) is 2.52. The summed E-state index contributed by atoms with van der Waals surface area (Å²) in [5.41, 5.74) is 5.34. The average Bonchev–Trinajstić information content (AvgIpc) is 3.04. The molecule has 3 nitrogen and oxygen atoms in total. The molecule has 1 atom stereocenters. The predicted molar refractivity (Wildman–Crippen MR) is 107 cm³/mol. The standard InChI is InChI=1S/C22H19FN2OS/c1-15-2-6-17(7-3-15)19-10-11-24-12-20(19)22-25(21(26)14-27-22)13-16-4-8-18(23)9-5-16/h2-12,22H,13-14H2,1H3. The normalized spacial score (nSPS) is 16.7. The fourth-order valence-electron chi connectivity index (χ4n) is 3.27. The van der Waals surface area contributed by atoms with Gasteiger partial charge in [-0.15, -0.1) is 11.8 Å². The maximum Gasteiger partial charge on any atom is 0.234 e. The minimum absolute atomic E-state index is 0.0908. The van der Waals surface area contributed by atoms with Crippen LogP contribution in [0.15, 0.2) is 67.0 Å². The van der Waals surface area contributed by atoms with Crippen LogP contribution in [0.25, 0.3) is 11.1 Å². The van der Waals surface area contributed by atoms with E-state index in [-0.39, 0.29) is 17.1 Å². The minimum Gasteiger partial charge on any atom is -0.321 e. The van der Waals surface area contributed by atoms with Crippen LogP contribution in [0, 0.1) is 12.7 Å². The number of halogens is 1. The van der Waals surface area contributed by atoms with Crippen molar-refractivity contribution in [2.24, 2.45) is 0 Å². The second-order valence-electron chi connectivity index (χ2n) is 6.64. The Morgan fingerprint density at radius 2 is 1.85 bits per heavy atom. The summed E-state index contributed by atoms with van der Waals surface area (Å²) in [7, 11) is 0. The van der Waals surface area contributed by atoms with E-state index in [9.17, 15) is 9.18 Å². The Hall–Kier alpha value is -2.66. The summed E-state index contributed by atoms with van der Waals surface area (Å²) in [5.74, 6) is 0.257. The van der Waals surface area contributed by atoms with Crippen molar-refractivity contribution in [3.63, 3.8) is 0 Å². The van der Waals surface area contributed by atoms with Crippen LogP contribution in [0.5, 0.6) is 0 Å². The van der Waals surface area contributed by atoms with Crippen molar-refractivity contribution in [1.29, 1.82) is 0 Å². The molecule has 4 rings (SSSR count). The van der Waals surface area contributed by atoms with E-state index >= 15 is 0 Å². The first kappa shape index (κ1) is 17.7. The Bertz CT molecular complexity index is 957. The molecule has 1 saturated heterocycles. The summed E-state index contributed by atoms with van der Waals surface area (Å²) < 4.78 is 13.2. The highest BCUT2D eigenvalue weighted by atomic mass is 32.2. The second-order valence-corrected chi connectivity index (χ2v) is 7.71. The van der Waals surface area contributed by atoms with Crippen molar-refractivity contribution in [2.45, 2.75) is 18.8 Å². The van der Waals surface area contributed by atoms with Crippen LogP contribution < -0.4 is 0 Å². The van der Waals surface area contributed by atoms with Crippen molar-refractivity contribution in [2.75, 3.05) is 5.75 Å². The molecule has 1 aliphatic rings. The first-order chi connectivity index (χ1) is 13.1. The number of carbonyl (C=O) groups is 1. The Kier molecular flexibility index (Phi) is 4.94. The van der Waals surface area contributed by atoms with Crippen molar-refractivity contribution >= 4 is 17.7 Å². The molecule has 3 aromatic rings. The lowest BCUT2D eigenvalue weighted by Gasteiger charge is -2.26. The fraction of sp³-hybridized carbons (Fsp3) is 0.182. The molecule has 0 aliphatic carbocycles. The molecule has 1 aliphatic heterocycles. The number of aromatic nitrogens is 1. The van der Waals surface area contributed by atoms with Gasteiger partial charge in [-0.1, -0.05) is 42.0 Å². The zero-order valence-corrected chi connectivity index (χ0v) is 15.7. The van der Waals surface area contributed by atoms with Crippen LogP contribution in [0.3, 0.4) is 0 Å². The van der Waals surface area contributed by atoms with Crippen LogP contribution in [0.1, 0.15) is 22.1 Å². The van der Waals surface area contributed by atoms with Gasteiger partial charge in [0.1, 0.15) is 11.2 Å². The van der Waals surface area contributed by atoms with E-state index in [2.05, 4.69) is 36.2 Å². The molecular weight excluding hydrogens is 359 g/mol. The number of amides is 1. The van der Waals surface area contributed by atoms with Crippen molar-refractivity contribution in [3.8, 4) is 11.1 Å². The molecule has 0 N–H and O–H groups in total. The van der Waals surface area contributed by atoms with E-state index < -0.39 is 0 Å². The summed E-state index contributed by atoms with van der Waals surface area (Å²) in [4.78, 5) is 18.7. The number of aryl methyl sites for hydroxylation is 1. The lowest BCUT2D eigenvalue weighted by Crippen LogP contribution is -2.28. The third kappa shape index (κ3) is 3.74. The third-order valence-corrected chi connectivity index (χ3v) is 5.95. The van der Waals surface area contributed by atoms with Gasteiger partial charge in [0.15, 0.2) is 0 Å². The number of thioether (sulfide) groups is 1. The second kappa shape index (κ2) is 7.53. The van der Waals surface area contributed by atoms with Gasteiger partial charge in [0.25, 0.3) is 0 Å². The Labute approximate surface area is 162 Å². The summed E-state index contributed by atoms with van der Waals surface area (Å²) in [5, 5.41) is -0.104. The SMILES string of the molecule is Cc1ccc(-c2ccncc2C2SCC(=O)N2Cc2ccc(F)cc2)cc1. The number of hydrogen-bond acceptors (Lipinski definition) is 3. The maximum absolute atomic E-state index is 13.2. The van der Waals surface area contributed by atoms with Crippen molar-refractivity contribution in [3.05, 3.63) is 89.5 Å². The molecule has 136 valence electrons. The molecular formula is C22H19FN2OS. The molecule has 1 amide bonds. The molecule has 1 fully saturated rings. The van der Waals surface area contributed by atoms with E-state index in [1.165, 1.54) is 17.7 Å². The molecule has 0 saturated carbocycles. The molecule has 1 aromatic heterocycles. The summed E-state index contributed by atoms with van der Waals surface area (Å²) in [6, 6.07) is 16.7. The van der Waals surface area contributed by atoms with Gasteiger partial charge in [0, 0.05) is 24.5 Å². The monoisotopic (exact) mass is 378 g/mol. The zero-order valence-electron chi connectivity index (χ0n) is 14.9. The van der Waals surface area contributed by atoms with Crippen LogP contribution in [-0.4, -0.2) is 21.5 Å². The zero-order chi connectivity index (χ0) is 18.8. The number of rotatable bonds is 4. The van der Waals surface area contributed by atoms with Gasteiger partial charge >= 0.3 is 0 Å². The van der Waals surface area contributed by atoms with Gasteiger partial charge in [-0.2, -0.15) is 0 Å². The van der Waals surface area contributed by atoms with E-state index in [1.807, 2.05) is 17.2 Å².